The van der Waals surface area contributed by atoms with Crippen LogP contribution in [0.2, 0.25) is 5.02 Å². The number of hydrogen-bond acceptors (Lipinski definition) is 4. The molecule has 138 valence electrons. The molecular weight excluding hydrogens is 350 g/mol. The molecule has 2 aliphatic heterocycles. The first-order chi connectivity index (χ1) is 12.6. The number of halogens is 1. The molecule has 2 aliphatic rings. The van der Waals surface area contributed by atoms with Gasteiger partial charge in [-0.2, -0.15) is 5.10 Å². The lowest BCUT2D eigenvalue weighted by Crippen LogP contribution is -2.35. The standard InChI is InChI=1S/C19H24ClN5O/c1-23-13-15(12-22-23)17-6-5-9-25(17)18-16(20)10-14(11-21-18)19(26)24-7-3-2-4-8-24/h10-13,17H,2-9H2,1H3. The van der Waals surface area contributed by atoms with E-state index in [0.29, 0.717) is 10.6 Å². The first-order valence-corrected chi connectivity index (χ1v) is 9.71. The van der Waals surface area contributed by atoms with Crippen LogP contribution >= 0.6 is 11.6 Å². The molecule has 1 unspecified atom stereocenters. The fraction of sp³-hybridized carbons (Fsp3) is 0.526. The van der Waals surface area contributed by atoms with E-state index >= 15 is 0 Å². The Morgan fingerprint density at radius 2 is 1.96 bits per heavy atom. The summed E-state index contributed by atoms with van der Waals surface area (Å²) in [6.45, 7) is 2.56. The summed E-state index contributed by atoms with van der Waals surface area (Å²) < 4.78 is 1.82. The van der Waals surface area contributed by atoms with E-state index in [4.69, 9.17) is 11.6 Å². The summed E-state index contributed by atoms with van der Waals surface area (Å²) >= 11 is 6.55. The number of piperidine rings is 1. The van der Waals surface area contributed by atoms with Gasteiger partial charge in [0, 0.05) is 44.6 Å². The van der Waals surface area contributed by atoms with Crippen LogP contribution in [0.5, 0.6) is 0 Å². The van der Waals surface area contributed by atoms with Gasteiger partial charge in [0.1, 0.15) is 5.82 Å². The maximum absolute atomic E-state index is 12.7. The van der Waals surface area contributed by atoms with Gasteiger partial charge in [0.05, 0.1) is 22.8 Å². The molecule has 0 aliphatic carbocycles. The second-order valence-electron chi connectivity index (χ2n) is 7.18. The van der Waals surface area contributed by atoms with Crippen LogP contribution in [-0.2, 0) is 7.05 Å². The van der Waals surface area contributed by atoms with Crippen LogP contribution in [0.3, 0.4) is 0 Å². The lowest BCUT2D eigenvalue weighted by atomic mass is 10.1. The van der Waals surface area contributed by atoms with Crippen LogP contribution in [0.25, 0.3) is 0 Å². The van der Waals surface area contributed by atoms with E-state index < -0.39 is 0 Å². The van der Waals surface area contributed by atoms with Crippen molar-refractivity contribution in [1.29, 1.82) is 0 Å². The Hall–Kier alpha value is -2.08. The molecule has 4 heterocycles. The lowest BCUT2D eigenvalue weighted by Gasteiger charge is -2.28. The highest BCUT2D eigenvalue weighted by Crippen LogP contribution is 2.38. The van der Waals surface area contributed by atoms with E-state index in [9.17, 15) is 4.79 Å². The zero-order valence-electron chi connectivity index (χ0n) is 15.1. The Labute approximate surface area is 158 Å². The van der Waals surface area contributed by atoms with Crippen molar-refractivity contribution in [2.75, 3.05) is 24.5 Å². The minimum absolute atomic E-state index is 0.0379. The number of anilines is 1. The number of likely N-dealkylation sites (tertiary alicyclic amines) is 1. The lowest BCUT2D eigenvalue weighted by molar-refractivity contribution is 0.0724. The molecule has 2 aromatic rings. The third-order valence-electron chi connectivity index (χ3n) is 5.35. The Kier molecular flexibility index (Phi) is 4.85. The van der Waals surface area contributed by atoms with Gasteiger partial charge in [-0.15, -0.1) is 0 Å². The number of carbonyl (C=O) groups excluding carboxylic acids is 1. The van der Waals surface area contributed by atoms with Crippen molar-refractivity contribution in [3.05, 3.63) is 40.8 Å². The van der Waals surface area contributed by atoms with Crippen molar-refractivity contribution in [1.82, 2.24) is 19.7 Å². The molecule has 4 rings (SSSR count). The van der Waals surface area contributed by atoms with Crippen LogP contribution < -0.4 is 4.90 Å². The zero-order chi connectivity index (χ0) is 18.1. The number of rotatable bonds is 3. The normalized spacial score (nSPS) is 20.6. The number of aryl methyl sites for hydroxylation is 1. The summed E-state index contributed by atoms with van der Waals surface area (Å²) in [5.74, 6) is 0.795. The minimum atomic E-state index is 0.0379. The van der Waals surface area contributed by atoms with Gasteiger partial charge < -0.3 is 9.80 Å². The molecule has 1 amide bonds. The summed E-state index contributed by atoms with van der Waals surface area (Å²) in [5.41, 5.74) is 1.76. The molecule has 0 radical (unpaired) electrons. The molecule has 6 nitrogen and oxygen atoms in total. The van der Waals surface area contributed by atoms with Gasteiger partial charge in [-0.3, -0.25) is 9.48 Å². The maximum Gasteiger partial charge on any atom is 0.255 e. The van der Waals surface area contributed by atoms with E-state index in [0.717, 1.165) is 51.1 Å². The third-order valence-corrected chi connectivity index (χ3v) is 5.62. The number of amides is 1. The first-order valence-electron chi connectivity index (χ1n) is 9.33. The topological polar surface area (TPSA) is 54.3 Å². The number of nitrogens with zero attached hydrogens (tertiary/aromatic N) is 5. The summed E-state index contributed by atoms with van der Waals surface area (Å²) in [6.07, 6.45) is 11.1. The van der Waals surface area contributed by atoms with Gasteiger partial charge in [-0.1, -0.05) is 11.6 Å². The molecule has 26 heavy (non-hydrogen) atoms. The smallest absolute Gasteiger partial charge is 0.255 e. The maximum atomic E-state index is 12.7. The molecule has 0 N–H and O–H groups in total. The van der Waals surface area contributed by atoms with E-state index in [1.807, 2.05) is 29.0 Å². The monoisotopic (exact) mass is 373 g/mol. The molecule has 0 spiro atoms. The van der Waals surface area contributed by atoms with Crippen molar-refractivity contribution >= 4 is 23.3 Å². The molecule has 0 aromatic carbocycles. The van der Waals surface area contributed by atoms with Crippen molar-refractivity contribution < 1.29 is 4.79 Å². The van der Waals surface area contributed by atoms with Gasteiger partial charge in [0.25, 0.3) is 5.91 Å². The van der Waals surface area contributed by atoms with Gasteiger partial charge in [-0.05, 0) is 38.2 Å². The fourth-order valence-corrected chi connectivity index (χ4v) is 4.29. The summed E-state index contributed by atoms with van der Waals surface area (Å²) in [4.78, 5) is 21.4. The van der Waals surface area contributed by atoms with Crippen LogP contribution in [0, 0.1) is 0 Å². The van der Waals surface area contributed by atoms with Crippen LogP contribution in [0.1, 0.15) is 54.1 Å². The molecule has 2 aromatic heterocycles. The molecule has 1 atom stereocenters. The SMILES string of the molecule is Cn1cc(C2CCCN2c2ncc(C(=O)N3CCCCC3)cc2Cl)cn1. The highest BCUT2D eigenvalue weighted by atomic mass is 35.5. The molecule has 2 fully saturated rings. The van der Waals surface area contributed by atoms with Crippen LogP contribution in [-0.4, -0.2) is 45.2 Å². The molecule has 7 heteroatoms. The average Bonchev–Trinajstić information content (AvgIpc) is 3.30. The Morgan fingerprint density at radius 1 is 1.15 bits per heavy atom. The highest BCUT2D eigenvalue weighted by Gasteiger charge is 2.30. The van der Waals surface area contributed by atoms with E-state index in [2.05, 4.69) is 15.0 Å². The van der Waals surface area contributed by atoms with E-state index in [1.165, 1.54) is 12.0 Å². The molecule has 2 saturated heterocycles. The quantitative estimate of drug-likeness (QED) is 0.827. The van der Waals surface area contributed by atoms with Crippen LogP contribution in [0.4, 0.5) is 5.82 Å². The summed E-state index contributed by atoms with van der Waals surface area (Å²) in [5, 5.41) is 4.83. The first kappa shape index (κ1) is 17.3. The summed E-state index contributed by atoms with van der Waals surface area (Å²) in [6, 6.07) is 2.01. The van der Waals surface area contributed by atoms with Crippen molar-refractivity contribution in [3.63, 3.8) is 0 Å². The third kappa shape index (κ3) is 3.30. The van der Waals surface area contributed by atoms with Crippen molar-refractivity contribution in [3.8, 4) is 0 Å². The summed E-state index contributed by atoms with van der Waals surface area (Å²) in [7, 11) is 1.93. The zero-order valence-corrected chi connectivity index (χ0v) is 15.8. The van der Waals surface area contributed by atoms with Gasteiger partial charge >= 0.3 is 0 Å². The molecule has 0 saturated carbocycles. The largest absolute Gasteiger partial charge is 0.348 e. The predicted molar refractivity (Wildman–Crippen MR) is 102 cm³/mol. The highest BCUT2D eigenvalue weighted by molar-refractivity contribution is 6.33. The number of carbonyl (C=O) groups is 1. The number of aromatic nitrogens is 3. The Morgan fingerprint density at radius 3 is 2.65 bits per heavy atom. The number of pyridine rings is 1. The predicted octanol–water partition coefficient (Wildman–Crippen LogP) is 3.44. The second-order valence-corrected chi connectivity index (χ2v) is 7.59. The van der Waals surface area contributed by atoms with Crippen molar-refractivity contribution in [2.45, 2.75) is 38.1 Å². The van der Waals surface area contributed by atoms with Gasteiger partial charge in [0.2, 0.25) is 0 Å². The fourth-order valence-electron chi connectivity index (χ4n) is 4.02. The Bertz CT molecular complexity index is 799. The molecule has 0 bridgehead atoms. The van der Waals surface area contributed by atoms with Gasteiger partial charge in [0.15, 0.2) is 0 Å². The average molecular weight is 374 g/mol. The number of hydrogen-bond donors (Lipinski definition) is 0. The molecular formula is C19H24ClN5O. The second kappa shape index (κ2) is 7.27. The van der Waals surface area contributed by atoms with E-state index in [-0.39, 0.29) is 11.9 Å². The van der Waals surface area contributed by atoms with Crippen LogP contribution in [0.15, 0.2) is 24.7 Å². The minimum Gasteiger partial charge on any atom is -0.348 e. The van der Waals surface area contributed by atoms with Gasteiger partial charge in [-0.25, -0.2) is 4.98 Å². The Balaban J connectivity index is 1.56. The van der Waals surface area contributed by atoms with Crippen molar-refractivity contribution in [2.24, 2.45) is 7.05 Å². The van der Waals surface area contributed by atoms with E-state index in [1.54, 1.807) is 12.3 Å².